The van der Waals surface area contributed by atoms with Gasteiger partial charge in [0.25, 0.3) is 0 Å². The lowest BCUT2D eigenvalue weighted by molar-refractivity contribution is -0.0394. The van der Waals surface area contributed by atoms with Gasteiger partial charge in [-0.25, -0.2) is 4.98 Å². The van der Waals surface area contributed by atoms with Gasteiger partial charge in [0.2, 0.25) is 0 Å². The smallest absolute Gasteiger partial charge is 0.0946 e. The fourth-order valence-corrected chi connectivity index (χ4v) is 1.73. The fraction of sp³-hybridized carbons (Fsp3) is 0.700. The summed E-state index contributed by atoms with van der Waals surface area (Å²) >= 11 is 0. The van der Waals surface area contributed by atoms with E-state index in [-0.39, 0.29) is 0 Å². The Morgan fingerprint density at radius 3 is 3.00 bits per heavy atom. The van der Waals surface area contributed by atoms with Crippen LogP contribution < -0.4 is 5.73 Å². The Kier molecular flexibility index (Phi) is 2.84. The second kappa shape index (κ2) is 4.11. The summed E-state index contributed by atoms with van der Waals surface area (Å²) in [4.78, 5) is 4.04. The molecule has 4 heteroatoms. The van der Waals surface area contributed by atoms with Crippen molar-refractivity contribution >= 4 is 0 Å². The molecule has 0 amide bonds. The number of hydrogen-bond donors (Lipinski definition) is 1. The van der Waals surface area contributed by atoms with Crippen LogP contribution in [0, 0.1) is 5.92 Å². The number of nitrogens with two attached hydrogens (primary N) is 1. The molecule has 1 aromatic rings. The van der Waals surface area contributed by atoms with Crippen LogP contribution in [-0.4, -0.2) is 22.2 Å². The highest BCUT2D eigenvalue weighted by atomic mass is 16.5. The van der Waals surface area contributed by atoms with Gasteiger partial charge in [0.1, 0.15) is 0 Å². The highest BCUT2D eigenvalue weighted by molar-refractivity contribution is 4.95. The first-order valence-corrected chi connectivity index (χ1v) is 5.06. The summed E-state index contributed by atoms with van der Waals surface area (Å²) in [5.41, 5.74) is 6.67. The monoisotopic (exact) mass is 195 g/mol. The number of aromatic nitrogens is 2. The predicted molar refractivity (Wildman–Crippen MR) is 53.6 cm³/mol. The summed E-state index contributed by atoms with van der Waals surface area (Å²) < 4.78 is 7.70. The zero-order valence-corrected chi connectivity index (χ0v) is 8.52. The molecule has 0 unspecified atom stereocenters. The quantitative estimate of drug-likeness (QED) is 0.768. The molecule has 0 radical (unpaired) electrons. The summed E-state index contributed by atoms with van der Waals surface area (Å²) in [5, 5.41) is 0. The zero-order chi connectivity index (χ0) is 9.97. The van der Waals surface area contributed by atoms with Gasteiger partial charge in [-0.1, -0.05) is 0 Å². The number of rotatable bonds is 4. The summed E-state index contributed by atoms with van der Waals surface area (Å²) in [6.07, 6.45) is 6.29. The first kappa shape index (κ1) is 9.68. The molecule has 2 N–H and O–H groups in total. The van der Waals surface area contributed by atoms with E-state index in [2.05, 4.69) is 4.98 Å². The Balaban J connectivity index is 1.72. The van der Waals surface area contributed by atoms with E-state index in [0.717, 1.165) is 25.1 Å². The lowest BCUT2D eigenvalue weighted by atomic mass is 9.82. The number of nitrogens with zero attached hydrogens (tertiary/aromatic N) is 2. The van der Waals surface area contributed by atoms with Crippen molar-refractivity contribution in [3.63, 3.8) is 0 Å². The minimum absolute atomic E-state index is 0.415. The van der Waals surface area contributed by atoms with E-state index < -0.39 is 0 Å². The minimum atomic E-state index is 0.415. The zero-order valence-electron chi connectivity index (χ0n) is 8.52. The Bertz CT molecular complexity index is 291. The van der Waals surface area contributed by atoms with E-state index in [4.69, 9.17) is 10.5 Å². The molecule has 2 rings (SSSR count). The molecule has 1 aromatic heterocycles. The Morgan fingerprint density at radius 1 is 1.64 bits per heavy atom. The third-order valence-corrected chi connectivity index (χ3v) is 2.91. The fourth-order valence-electron chi connectivity index (χ4n) is 1.73. The van der Waals surface area contributed by atoms with Gasteiger partial charge in [0.15, 0.2) is 0 Å². The summed E-state index contributed by atoms with van der Waals surface area (Å²) in [5.74, 6) is 0.687. The third kappa shape index (κ3) is 1.96. The molecular formula is C10H17N3O. The van der Waals surface area contributed by atoms with Gasteiger partial charge in [-0.15, -0.1) is 0 Å². The minimum Gasteiger partial charge on any atom is -0.372 e. The maximum Gasteiger partial charge on any atom is 0.0946 e. The van der Waals surface area contributed by atoms with E-state index in [9.17, 15) is 0 Å². The van der Waals surface area contributed by atoms with E-state index in [1.54, 1.807) is 6.33 Å². The summed E-state index contributed by atoms with van der Waals surface area (Å²) in [7, 11) is 1.98. The summed E-state index contributed by atoms with van der Waals surface area (Å²) in [6, 6.07) is 0. The molecule has 0 aromatic carbocycles. The molecule has 0 spiro atoms. The molecule has 14 heavy (non-hydrogen) atoms. The van der Waals surface area contributed by atoms with Crippen molar-refractivity contribution in [3.8, 4) is 0 Å². The SMILES string of the molecule is Cn1cncc1COC1CC(CN)C1. The Morgan fingerprint density at radius 2 is 2.43 bits per heavy atom. The molecule has 78 valence electrons. The maximum absolute atomic E-state index is 5.72. The van der Waals surface area contributed by atoms with Gasteiger partial charge in [0.05, 0.1) is 30.9 Å². The molecule has 0 atom stereocenters. The van der Waals surface area contributed by atoms with Gasteiger partial charge in [-0.3, -0.25) is 0 Å². The molecule has 1 heterocycles. The van der Waals surface area contributed by atoms with Crippen molar-refractivity contribution < 1.29 is 4.74 Å². The largest absolute Gasteiger partial charge is 0.372 e. The van der Waals surface area contributed by atoms with E-state index >= 15 is 0 Å². The van der Waals surface area contributed by atoms with Crippen LogP contribution >= 0.6 is 0 Å². The van der Waals surface area contributed by atoms with Crippen molar-refractivity contribution in [2.24, 2.45) is 18.7 Å². The average molecular weight is 195 g/mol. The molecule has 0 saturated heterocycles. The van der Waals surface area contributed by atoms with E-state index in [1.807, 2.05) is 17.8 Å². The van der Waals surface area contributed by atoms with Crippen LogP contribution in [0.3, 0.4) is 0 Å². The van der Waals surface area contributed by atoms with Crippen LogP contribution in [0.15, 0.2) is 12.5 Å². The van der Waals surface area contributed by atoms with Crippen molar-refractivity contribution in [2.75, 3.05) is 6.54 Å². The normalized spacial score (nSPS) is 26.1. The highest BCUT2D eigenvalue weighted by Crippen LogP contribution is 2.29. The van der Waals surface area contributed by atoms with E-state index in [1.165, 1.54) is 0 Å². The standard InChI is InChI=1S/C10H17N3O/c1-13-7-12-5-9(13)6-14-10-2-8(3-10)4-11/h5,7-8,10H,2-4,6,11H2,1H3. The third-order valence-electron chi connectivity index (χ3n) is 2.91. The number of ether oxygens (including phenoxy) is 1. The first-order chi connectivity index (χ1) is 6.79. The number of aryl methyl sites for hydroxylation is 1. The predicted octanol–water partition coefficient (Wildman–Crippen LogP) is 0.674. The van der Waals surface area contributed by atoms with Crippen LogP contribution in [0.5, 0.6) is 0 Å². The van der Waals surface area contributed by atoms with Crippen LogP contribution in [0.2, 0.25) is 0 Å². The van der Waals surface area contributed by atoms with Gasteiger partial charge >= 0.3 is 0 Å². The summed E-state index contributed by atoms with van der Waals surface area (Å²) in [6.45, 7) is 1.46. The molecule has 1 aliphatic rings. The van der Waals surface area contributed by atoms with Crippen molar-refractivity contribution in [1.82, 2.24) is 9.55 Å². The molecule has 4 nitrogen and oxygen atoms in total. The lowest BCUT2D eigenvalue weighted by Crippen LogP contribution is -2.35. The maximum atomic E-state index is 5.72. The molecule has 1 saturated carbocycles. The van der Waals surface area contributed by atoms with Gasteiger partial charge in [-0.05, 0) is 25.3 Å². The molecule has 1 aliphatic carbocycles. The molecule has 0 bridgehead atoms. The lowest BCUT2D eigenvalue weighted by Gasteiger charge is -2.34. The van der Waals surface area contributed by atoms with Crippen LogP contribution in [-0.2, 0) is 18.4 Å². The second-order valence-corrected chi connectivity index (χ2v) is 4.00. The van der Waals surface area contributed by atoms with Crippen molar-refractivity contribution in [3.05, 3.63) is 18.2 Å². The second-order valence-electron chi connectivity index (χ2n) is 4.00. The number of hydrogen-bond acceptors (Lipinski definition) is 3. The first-order valence-electron chi connectivity index (χ1n) is 5.06. The van der Waals surface area contributed by atoms with Gasteiger partial charge in [0, 0.05) is 7.05 Å². The van der Waals surface area contributed by atoms with Crippen molar-refractivity contribution in [2.45, 2.75) is 25.6 Å². The average Bonchev–Trinajstić information content (AvgIpc) is 2.49. The molecular weight excluding hydrogens is 178 g/mol. The molecule has 1 fully saturated rings. The highest BCUT2D eigenvalue weighted by Gasteiger charge is 2.28. The van der Waals surface area contributed by atoms with Crippen LogP contribution in [0.25, 0.3) is 0 Å². The molecule has 0 aliphatic heterocycles. The van der Waals surface area contributed by atoms with Crippen molar-refractivity contribution in [1.29, 1.82) is 0 Å². The van der Waals surface area contributed by atoms with Gasteiger partial charge < -0.3 is 15.0 Å². The topological polar surface area (TPSA) is 53.1 Å². The Labute approximate surface area is 84.1 Å². The Hall–Kier alpha value is -0.870. The van der Waals surface area contributed by atoms with Crippen LogP contribution in [0.4, 0.5) is 0 Å². The van der Waals surface area contributed by atoms with Gasteiger partial charge in [-0.2, -0.15) is 0 Å². The number of imidazole rings is 1. The van der Waals surface area contributed by atoms with Crippen LogP contribution in [0.1, 0.15) is 18.5 Å². The van der Waals surface area contributed by atoms with E-state index in [0.29, 0.717) is 18.6 Å².